The predicted molar refractivity (Wildman–Crippen MR) is 76.7 cm³/mol. The summed E-state index contributed by atoms with van der Waals surface area (Å²) in [5.41, 5.74) is 0.860. The number of rotatable bonds is 6. The Morgan fingerprint density at radius 3 is 2.28 bits per heavy atom. The quantitative estimate of drug-likeness (QED) is 0.812. The van der Waals surface area contributed by atoms with E-state index < -0.39 is 0 Å². The van der Waals surface area contributed by atoms with Crippen LogP contribution in [-0.2, 0) is 4.79 Å². The van der Waals surface area contributed by atoms with Gasteiger partial charge in [-0.15, -0.1) is 0 Å². The van der Waals surface area contributed by atoms with Crippen molar-refractivity contribution in [3.63, 3.8) is 0 Å². The zero-order chi connectivity index (χ0) is 13.6. The summed E-state index contributed by atoms with van der Waals surface area (Å²) in [6.07, 6.45) is 2.01. The standard InChI is InChI=1S/C15H24N2O/c1-5-15(4,6-2)17-12(3)14(18)16-13-10-8-7-9-11-13/h7-12,17H,5-6H2,1-4H3,(H,16,18). The first-order chi connectivity index (χ1) is 8.50. The van der Waals surface area contributed by atoms with E-state index in [1.54, 1.807) is 0 Å². The molecule has 1 amide bonds. The van der Waals surface area contributed by atoms with Gasteiger partial charge in [-0.25, -0.2) is 0 Å². The summed E-state index contributed by atoms with van der Waals surface area (Å²) in [5.74, 6) is 0.00863. The maximum atomic E-state index is 12.0. The Bertz CT molecular complexity index is 371. The molecule has 0 radical (unpaired) electrons. The van der Waals surface area contributed by atoms with Crippen LogP contribution in [0.1, 0.15) is 40.5 Å². The molecule has 0 bridgehead atoms. The second-order valence-corrected chi connectivity index (χ2v) is 4.99. The number of hydrogen-bond acceptors (Lipinski definition) is 2. The van der Waals surface area contributed by atoms with Crippen LogP contribution in [0.2, 0.25) is 0 Å². The lowest BCUT2D eigenvalue weighted by Crippen LogP contribution is -2.50. The van der Waals surface area contributed by atoms with Crippen LogP contribution < -0.4 is 10.6 Å². The highest BCUT2D eigenvalue weighted by Gasteiger charge is 2.24. The van der Waals surface area contributed by atoms with E-state index in [0.29, 0.717) is 0 Å². The van der Waals surface area contributed by atoms with Gasteiger partial charge in [0, 0.05) is 11.2 Å². The number of carbonyl (C=O) groups excluding carboxylic acids is 1. The van der Waals surface area contributed by atoms with E-state index in [2.05, 4.69) is 31.4 Å². The number of para-hydroxylation sites is 1. The highest BCUT2D eigenvalue weighted by molar-refractivity contribution is 5.94. The van der Waals surface area contributed by atoms with Gasteiger partial charge in [0.1, 0.15) is 0 Å². The van der Waals surface area contributed by atoms with Gasteiger partial charge in [-0.3, -0.25) is 4.79 Å². The fraction of sp³-hybridized carbons (Fsp3) is 0.533. The van der Waals surface area contributed by atoms with Gasteiger partial charge in [-0.1, -0.05) is 32.0 Å². The molecule has 100 valence electrons. The van der Waals surface area contributed by atoms with Gasteiger partial charge in [-0.2, -0.15) is 0 Å². The fourth-order valence-corrected chi connectivity index (χ4v) is 1.81. The number of carbonyl (C=O) groups is 1. The van der Waals surface area contributed by atoms with E-state index >= 15 is 0 Å². The van der Waals surface area contributed by atoms with Crippen LogP contribution in [0, 0.1) is 0 Å². The topological polar surface area (TPSA) is 41.1 Å². The Morgan fingerprint density at radius 1 is 1.22 bits per heavy atom. The van der Waals surface area contributed by atoms with Crippen LogP contribution in [-0.4, -0.2) is 17.5 Å². The average Bonchev–Trinajstić information content (AvgIpc) is 2.39. The third-order valence-corrected chi connectivity index (χ3v) is 3.56. The smallest absolute Gasteiger partial charge is 0.241 e. The van der Waals surface area contributed by atoms with Crippen LogP contribution in [0.3, 0.4) is 0 Å². The summed E-state index contributed by atoms with van der Waals surface area (Å²) in [4.78, 5) is 12.0. The van der Waals surface area contributed by atoms with Crippen molar-refractivity contribution in [3.8, 4) is 0 Å². The second-order valence-electron chi connectivity index (χ2n) is 4.99. The van der Waals surface area contributed by atoms with Gasteiger partial charge in [0.2, 0.25) is 5.91 Å². The third kappa shape index (κ3) is 4.15. The van der Waals surface area contributed by atoms with Crippen LogP contribution in [0.25, 0.3) is 0 Å². The molecule has 0 heterocycles. The Kier molecular flexibility index (Phi) is 5.35. The maximum absolute atomic E-state index is 12.0. The van der Waals surface area contributed by atoms with Crippen molar-refractivity contribution in [1.29, 1.82) is 0 Å². The summed E-state index contributed by atoms with van der Waals surface area (Å²) in [5, 5.41) is 6.31. The minimum Gasteiger partial charge on any atom is -0.325 e. The normalized spacial score (nSPS) is 13.1. The molecule has 0 aliphatic heterocycles. The maximum Gasteiger partial charge on any atom is 0.241 e. The molecule has 0 fully saturated rings. The van der Waals surface area contributed by atoms with E-state index in [1.807, 2.05) is 37.3 Å². The van der Waals surface area contributed by atoms with Gasteiger partial charge >= 0.3 is 0 Å². The van der Waals surface area contributed by atoms with Crippen molar-refractivity contribution in [2.45, 2.75) is 52.1 Å². The Balaban J connectivity index is 2.57. The highest BCUT2D eigenvalue weighted by Crippen LogP contribution is 2.15. The second kappa shape index (κ2) is 6.55. The molecule has 18 heavy (non-hydrogen) atoms. The zero-order valence-electron chi connectivity index (χ0n) is 11.8. The molecule has 0 aliphatic rings. The van der Waals surface area contributed by atoms with Crippen molar-refractivity contribution in [2.75, 3.05) is 5.32 Å². The van der Waals surface area contributed by atoms with E-state index in [4.69, 9.17) is 0 Å². The first-order valence-electron chi connectivity index (χ1n) is 6.64. The Hall–Kier alpha value is -1.35. The molecule has 1 aromatic carbocycles. The zero-order valence-corrected chi connectivity index (χ0v) is 11.8. The number of nitrogens with one attached hydrogen (secondary N) is 2. The van der Waals surface area contributed by atoms with E-state index in [0.717, 1.165) is 18.5 Å². The van der Waals surface area contributed by atoms with Gasteiger partial charge in [0.15, 0.2) is 0 Å². The number of hydrogen-bond donors (Lipinski definition) is 2. The number of amides is 1. The molecule has 1 rings (SSSR count). The molecule has 0 aliphatic carbocycles. The fourth-order valence-electron chi connectivity index (χ4n) is 1.81. The van der Waals surface area contributed by atoms with E-state index in [1.165, 1.54) is 0 Å². The van der Waals surface area contributed by atoms with Crippen LogP contribution in [0.5, 0.6) is 0 Å². The van der Waals surface area contributed by atoms with Gasteiger partial charge in [-0.05, 0) is 38.8 Å². The summed E-state index contributed by atoms with van der Waals surface area (Å²) in [6.45, 7) is 8.33. The molecular weight excluding hydrogens is 224 g/mol. The van der Waals surface area contributed by atoms with Gasteiger partial charge in [0.25, 0.3) is 0 Å². The van der Waals surface area contributed by atoms with Crippen LogP contribution in [0.15, 0.2) is 30.3 Å². The molecule has 0 saturated heterocycles. The van der Waals surface area contributed by atoms with Crippen molar-refractivity contribution in [3.05, 3.63) is 30.3 Å². The lowest BCUT2D eigenvalue weighted by molar-refractivity contribution is -0.118. The first-order valence-corrected chi connectivity index (χ1v) is 6.64. The Labute approximate surface area is 110 Å². The molecule has 1 atom stereocenters. The largest absolute Gasteiger partial charge is 0.325 e. The minimum atomic E-state index is -0.199. The highest BCUT2D eigenvalue weighted by atomic mass is 16.2. The van der Waals surface area contributed by atoms with Crippen molar-refractivity contribution >= 4 is 11.6 Å². The molecule has 3 heteroatoms. The molecule has 1 unspecified atom stereocenters. The summed E-state index contributed by atoms with van der Waals surface area (Å²) in [6, 6.07) is 9.34. The van der Waals surface area contributed by atoms with Gasteiger partial charge < -0.3 is 10.6 Å². The number of benzene rings is 1. The van der Waals surface area contributed by atoms with Crippen LogP contribution >= 0.6 is 0 Å². The molecule has 3 nitrogen and oxygen atoms in total. The van der Waals surface area contributed by atoms with Crippen molar-refractivity contribution in [1.82, 2.24) is 5.32 Å². The van der Waals surface area contributed by atoms with Gasteiger partial charge in [0.05, 0.1) is 6.04 Å². The lowest BCUT2D eigenvalue weighted by Gasteiger charge is -2.31. The first kappa shape index (κ1) is 14.7. The Morgan fingerprint density at radius 2 is 1.78 bits per heavy atom. The van der Waals surface area contributed by atoms with E-state index in [9.17, 15) is 4.79 Å². The molecule has 0 aromatic heterocycles. The SMILES string of the molecule is CCC(C)(CC)NC(C)C(=O)Nc1ccccc1. The molecular formula is C15H24N2O. The lowest BCUT2D eigenvalue weighted by atomic mass is 9.94. The average molecular weight is 248 g/mol. The third-order valence-electron chi connectivity index (χ3n) is 3.56. The summed E-state index contributed by atoms with van der Waals surface area (Å²) < 4.78 is 0. The molecule has 2 N–H and O–H groups in total. The number of anilines is 1. The van der Waals surface area contributed by atoms with Crippen molar-refractivity contribution < 1.29 is 4.79 Å². The summed E-state index contributed by atoms with van der Waals surface area (Å²) in [7, 11) is 0. The van der Waals surface area contributed by atoms with Crippen LogP contribution in [0.4, 0.5) is 5.69 Å². The minimum absolute atomic E-state index is 0.00863. The monoisotopic (exact) mass is 248 g/mol. The molecule has 1 aromatic rings. The molecule has 0 spiro atoms. The predicted octanol–water partition coefficient (Wildman–Crippen LogP) is 3.18. The van der Waals surface area contributed by atoms with Crippen molar-refractivity contribution in [2.24, 2.45) is 0 Å². The molecule has 0 saturated carbocycles. The van der Waals surface area contributed by atoms with E-state index in [-0.39, 0.29) is 17.5 Å². The summed E-state index contributed by atoms with van der Waals surface area (Å²) >= 11 is 0.